The van der Waals surface area contributed by atoms with Crippen molar-refractivity contribution in [2.75, 3.05) is 42.9 Å². The number of hydrogen-bond acceptors (Lipinski definition) is 6. The summed E-state index contributed by atoms with van der Waals surface area (Å²) >= 11 is 0. The van der Waals surface area contributed by atoms with Crippen molar-refractivity contribution in [2.45, 2.75) is 38.1 Å². The Labute approximate surface area is 162 Å². The summed E-state index contributed by atoms with van der Waals surface area (Å²) in [6.07, 6.45) is 13.9. The summed E-state index contributed by atoms with van der Waals surface area (Å²) in [6.45, 7) is 5.79. The molecule has 0 atom stereocenters. The van der Waals surface area contributed by atoms with E-state index in [2.05, 4.69) is 36.1 Å². The van der Waals surface area contributed by atoms with E-state index < -0.39 is 0 Å². The number of piperazine rings is 1. The van der Waals surface area contributed by atoms with Gasteiger partial charge in [0.1, 0.15) is 0 Å². The average Bonchev–Trinajstić information content (AvgIpc) is 2.75. The molecule has 1 saturated carbocycles. The molecule has 0 bridgehead atoms. The maximum Gasteiger partial charge on any atom is 0.222 e. The van der Waals surface area contributed by atoms with Gasteiger partial charge in [-0.2, -0.15) is 0 Å². The number of pyridine rings is 1. The molecular weight excluding hydrogens is 336 g/mol. The molecule has 0 aromatic carbocycles. The molecule has 27 heavy (non-hydrogen) atoms. The van der Waals surface area contributed by atoms with Gasteiger partial charge in [0.15, 0.2) is 0 Å². The first-order chi connectivity index (χ1) is 13.4. The lowest BCUT2D eigenvalue weighted by atomic mass is 9.84. The van der Waals surface area contributed by atoms with Crippen molar-refractivity contribution in [3.05, 3.63) is 43.0 Å². The third-order valence-electron chi connectivity index (χ3n) is 5.98. The van der Waals surface area contributed by atoms with E-state index in [1.54, 1.807) is 12.4 Å². The van der Waals surface area contributed by atoms with Gasteiger partial charge in [0.2, 0.25) is 5.95 Å². The predicted molar refractivity (Wildman–Crippen MR) is 109 cm³/mol. The van der Waals surface area contributed by atoms with E-state index in [1.165, 1.54) is 44.3 Å². The smallest absolute Gasteiger partial charge is 0.222 e. The molecule has 1 aliphatic carbocycles. The van der Waals surface area contributed by atoms with E-state index >= 15 is 0 Å². The first kappa shape index (κ1) is 18.2. The van der Waals surface area contributed by atoms with Crippen molar-refractivity contribution in [2.24, 2.45) is 5.92 Å². The summed E-state index contributed by atoms with van der Waals surface area (Å²) in [6, 6.07) is 6.58. The minimum Gasteiger partial charge on any atom is -0.368 e. The Balaban J connectivity index is 1.14. The van der Waals surface area contributed by atoms with Crippen LogP contribution in [0.25, 0.3) is 0 Å². The third-order valence-corrected chi connectivity index (χ3v) is 5.98. The molecular formula is C21H30N6. The Bertz CT molecular complexity index is 664. The van der Waals surface area contributed by atoms with Crippen LogP contribution in [0.4, 0.5) is 11.6 Å². The monoisotopic (exact) mass is 366 g/mol. The zero-order valence-corrected chi connectivity index (χ0v) is 16.0. The molecule has 6 heteroatoms. The van der Waals surface area contributed by atoms with Gasteiger partial charge in [-0.15, -0.1) is 0 Å². The lowest BCUT2D eigenvalue weighted by Crippen LogP contribution is -2.47. The van der Waals surface area contributed by atoms with Crippen LogP contribution in [0.2, 0.25) is 0 Å². The molecule has 144 valence electrons. The van der Waals surface area contributed by atoms with Crippen molar-refractivity contribution in [1.82, 2.24) is 19.9 Å². The van der Waals surface area contributed by atoms with Crippen LogP contribution < -0.4 is 10.2 Å². The highest BCUT2D eigenvalue weighted by Crippen LogP contribution is 2.28. The van der Waals surface area contributed by atoms with Crippen molar-refractivity contribution in [3.63, 3.8) is 0 Å². The van der Waals surface area contributed by atoms with Gasteiger partial charge >= 0.3 is 0 Å². The molecule has 0 radical (unpaired) electrons. The Morgan fingerprint density at radius 3 is 2.41 bits per heavy atom. The second-order valence-electron chi connectivity index (χ2n) is 7.76. The average molecular weight is 367 g/mol. The molecule has 2 aliphatic rings. The van der Waals surface area contributed by atoms with Gasteiger partial charge in [0.25, 0.3) is 0 Å². The van der Waals surface area contributed by atoms with Gasteiger partial charge in [-0.3, -0.25) is 9.88 Å². The fourth-order valence-corrected chi connectivity index (χ4v) is 4.29. The highest BCUT2D eigenvalue weighted by molar-refractivity contribution is 5.44. The van der Waals surface area contributed by atoms with E-state index in [0.717, 1.165) is 38.0 Å². The van der Waals surface area contributed by atoms with E-state index in [1.807, 2.05) is 24.5 Å². The van der Waals surface area contributed by atoms with Crippen LogP contribution in [0.1, 0.15) is 32.1 Å². The topological polar surface area (TPSA) is 57.2 Å². The lowest BCUT2D eigenvalue weighted by molar-refractivity contribution is 0.218. The molecule has 2 aromatic rings. The quantitative estimate of drug-likeness (QED) is 0.848. The fourth-order valence-electron chi connectivity index (χ4n) is 4.29. The summed E-state index contributed by atoms with van der Waals surface area (Å²) < 4.78 is 0. The minimum absolute atomic E-state index is 0.534. The van der Waals surface area contributed by atoms with Crippen LogP contribution in [0.5, 0.6) is 0 Å². The van der Waals surface area contributed by atoms with Crippen molar-refractivity contribution < 1.29 is 0 Å². The van der Waals surface area contributed by atoms with Crippen molar-refractivity contribution in [1.29, 1.82) is 0 Å². The van der Waals surface area contributed by atoms with Gasteiger partial charge < -0.3 is 10.2 Å². The van der Waals surface area contributed by atoms with Gasteiger partial charge in [0.05, 0.1) is 11.9 Å². The van der Waals surface area contributed by atoms with Crippen LogP contribution in [-0.2, 0) is 0 Å². The lowest BCUT2D eigenvalue weighted by Gasteiger charge is -2.37. The zero-order chi connectivity index (χ0) is 18.3. The van der Waals surface area contributed by atoms with Crippen LogP contribution in [-0.4, -0.2) is 58.6 Å². The van der Waals surface area contributed by atoms with E-state index in [9.17, 15) is 0 Å². The molecule has 2 fully saturated rings. The molecule has 0 amide bonds. The van der Waals surface area contributed by atoms with Gasteiger partial charge in [-0.1, -0.05) is 0 Å². The van der Waals surface area contributed by atoms with Gasteiger partial charge in [-0.25, -0.2) is 9.97 Å². The molecule has 0 unspecified atom stereocenters. The largest absolute Gasteiger partial charge is 0.368 e. The summed E-state index contributed by atoms with van der Waals surface area (Å²) in [4.78, 5) is 17.9. The first-order valence-corrected chi connectivity index (χ1v) is 10.3. The molecule has 2 aromatic heterocycles. The number of aromatic nitrogens is 3. The number of nitrogens with one attached hydrogen (secondary N) is 1. The molecule has 3 heterocycles. The van der Waals surface area contributed by atoms with Crippen LogP contribution in [0.15, 0.2) is 43.0 Å². The fraction of sp³-hybridized carbons (Fsp3) is 0.571. The summed E-state index contributed by atoms with van der Waals surface area (Å²) in [5.41, 5.74) is 1.25. The van der Waals surface area contributed by atoms with Crippen LogP contribution in [0, 0.1) is 5.92 Å². The molecule has 1 saturated heterocycles. The highest BCUT2D eigenvalue weighted by Gasteiger charge is 2.23. The van der Waals surface area contributed by atoms with Crippen LogP contribution in [0.3, 0.4) is 0 Å². The molecule has 0 spiro atoms. The number of anilines is 2. The maximum absolute atomic E-state index is 4.28. The van der Waals surface area contributed by atoms with Crippen LogP contribution >= 0.6 is 0 Å². The molecule has 6 nitrogen and oxygen atoms in total. The maximum atomic E-state index is 4.28. The Kier molecular flexibility index (Phi) is 6.14. The number of nitrogens with zero attached hydrogens (tertiary/aromatic N) is 5. The second-order valence-corrected chi connectivity index (χ2v) is 7.76. The Morgan fingerprint density at radius 1 is 0.926 bits per heavy atom. The second kappa shape index (κ2) is 9.13. The Hall–Kier alpha value is -2.21. The number of hydrogen-bond donors (Lipinski definition) is 1. The summed E-state index contributed by atoms with van der Waals surface area (Å²) in [5, 5.41) is 3.48. The SMILES string of the molecule is c1cnc(N[C@H]2CC[C@H](CCN3CCN(c4cccnc4)CC3)CC2)nc1. The minimum atomic E-state index is 0.534. The molecule has 1 aliphatic heterocycles. The van der Waals surface area contributed by atoms with E-state index in [0.29, 0.717) is 6.04 Å². The third kappa shape index (κ3) is 5.16. The Morgan fingerprint density at radius 2 is 1.70 bits per heavy atom. The molecule has 4 rings (SSSR count). The predicted octanol–water partition coefficient (Wildman–Crippen LogP) is 3.05. The standard InChI is InChI=1S/C21H30N6/c1-3-20(17-22-9-1)27-15-13-26(14-16-27)12-8-18-4-6-19(7-5-18)25-21-23-10-2-11-24-21/h1-3,9-11,17-19H,4-8,12-16H2,(H,23,24,25)/t18-,19-. The highest BCUT2D eigenvalue weighted by atomic mass is 15.3. The van der Waals surface area contributed by atoms with Gasteiger partial charge in [-0.05, 0) is 62.8 Å². The molecule has 1 N–H and O–H groups in total. The van der Waals surface area contributed by atoms with Crippen molar-refractivity contribution >= 4 is 11.6 Å². The summed E-state index contributed by atoms with van der Waals surface area (Å²) in [7, 11) is 0. The van der Waals surface area contributed by atoms with E-state index in [-0.39, 0.29) is 0 Å². The van der Waals surface area contributed by atoms with Crippen molar-refractivity contribution in [3.8, 4) is 0 Å². The van der Waals surface area contributed by atoms with Gasteiger partial charge in [0, 0.05) is 50.8 Å². The normalized spacial score (nSPS) is 23.9. The number of rotatable bonds is 6. The summed E-state index contributed by atoms with van der Waals surface area (Å²) in [5.74, 6) is 1.64. The zero-order valence-electron chi connectivity index (χ0n) is 16.0. The first-order valence-electron chi connectivity index (χ1n) is 10.3. The van der Waals surface area contributed by atoms with E-state index in [4.69, 9.17) is 0 Å².